The summed E-state index contributed by atoms with van der Waals surface area (Å²) in [5.74, 6) is 1.04. The Morgan fingerprint density at radius 1 is 1.11 bits per heavy atom. The van der Waals surface area contributed by atoms with Crippen molar-refractivity contribution in [3.8, 4) is 0 Å². The van der Waals surface area contributed by atoms with Gasteiger partial charge in [0.15, 0.2) is 5.82 Å². The Morgan fingerprint density at radius 2 is 1.89 bits per heavy atom. The molecule has 0 aliphatic carbocycles. The number of amides is 2. The van der Waals surface area contributed by atoms with E-state index in [0.717, 1.165) is 63.9 Å². The zero-order valence-electron chi connectivity index (χ0n) is 21.7. The van der Waals surface area contributed by atoms with Crippen LogP contribution in [0.15, 0.2) is 40.9 Å². The summed E-state index contributed by atoms with van der Waals surface area (Å²) < 4.78 is 5.34. The summed E-state index contributed by atoms with van der Waals surface area (Å²) in [5.41, 5.74) is 3.13. The Labute approximate surface area is 217 Å². The van der Waals surface area contributed by atoms with Gasteiger partial charge in [-0.05, 0) is 57.6 Å². The predicted molar refractivity (Wildman–Crippen MR) is 141 cm³/mol. The fourth-order valence-electron chi connectivity index (χ4n) is 5.63. The average Bonchev–Trinajstić information content (AvgIpc) is 3.55. The van der Waals surface area contributed by atoms with E-state index in [-0.39, 0.29) is 23.8 Å². The lowest BCUT2D eigenvalue weighted by Gasteiger charge is -2.40. The summed E-state index contributed by atoms with van der Waals surface area (Å²) in [6.07, 6.45) is 6.18. The van der Waals surface area contributed by atoms with E-state index < -0.39 is 0 Å². The largest absolute Gasteiger partial charge is 0.371 e. The minimum Gasteiger partial charge on any atom is -0.371 e. The van der Waals surface area contributed by atoms with Gasteiger partial charge in [-0.3, -0.25) is 14.7 Å². The summed E-state index contributed by atoms with van der Waals surface area (Å²) in [4.78, 5) is 31.0. The second-order valence-electron chi connectivity index (χ2n) is 10.1. The molecule has 4 heterocycles. The van der Waals surface area contributed by atoms with Crippen molar-refractivity contribution in [1.82, 2.24) is 20.3 Å². The summed E-state index contributed by atoms with van der Waals surface area (Å²) in [5, 5.41) is 14.3. The number of aromatic nitrogens is 3. The monoisotopic (exact) mass is 504 g/mol. The van der Waals surface area contributed by atoms with Crippen LogP contribution in [0.2, 0.25) is 0 Å². The molecular formula is C28H36N6O3. The van der Waals surface area contributed by atoms with E-state index >= 15 is 0 Å². The van der Waals surface area contributed by atoms with Gasteiger partial charge in [0.1, 0.15) is 11.3 Å². The number of nitrogens with zero attached hydrogens (tertiary/aromatic N) is 4. The topological polar surface area (TPSA) is 107 Å². The molecule has 0 saturated carbocycles. The molecule has 2 aliphatic heterocycles. The van der Waals surface area contributed by atoms with E-state index in [1.54, 1.807) is 6.92 Å². The number of piperidine rings is 2. The second-order valence-corrected chi connectivity index (χ2v) is 10.1. The fourth-order valence-corrected chi connectivity index (χ4v) is 5.63. The highest BCUT2D eigenvalue weighted by atomic mass is 16.5. The predicted octanol–water partition coefficient (Wildman–Crippen LogP) is 4.88. The average molecular weight is 505 g/mol. The van der Waals surface area contributed by atoms with Crippen LogP contribution in [0.5, 0.6) is 0 Å². The van der Waals surface area contributed by atoms with Gasteiger partial charge in [-0.2, -0.15) is 5.10 Å². The zero-order valence-corrected chi connectivity index (χ0v) is 21.7. The van der Waals surface area contributed by atoms with Crippen molar-refractivity contribution in [3.63, 3.8) is 0 Å². The quantitative estimate of drug-likeness (QED) is 0.475. The number of rotatable bonds is 7. The van der Waals surface area contributed by atoms with Gasteiger partial charge in [0.2, 0.25) is 5.91 Å². The number of H-pyrrole nitrogens is 1. The molecule has 2 N–H and O–H groups in total. The van der Waals surface area contributed by atoms with E-state index in [1.807, 2.05) is 24.0 Å². The maximum absolute atomic E-state index is 13.6. The minimum absolute atomic E-state index is 0.0382. The number of anilines is 2. The molecule has 9 heteroatoms. The van der Waals surface area contributed by atoms with E-state index in [4.69, 9.17) is 4.52 Å². The molecule has 0 radical (unpaired) electrons. The first-order chi connectivity index (χ1) is 18.0. The van der Waals surface area contributed by atoms with Crippen LogP contribution >= 0.6 is 0 Å². The number of benzene rings is 1. The van der Waals surface area contributed by atoms with Crippen LogP contribution in [0.25, 0.3) is 0 Å². The zero-order chi connectivity index (χ0) is 25.8. The number of carbonyl (C=O) groups excluding carboxylic acids is 2. The molecule has 2 amide bonds. The molecule has 1 atom stereocenters. The van der Waals surface area contributed by atoms with Gasteiger partial charge in [0, 0.05) is 43.7 Å². The van der Waals surface area contributed by atoms with Gasteiger partial charge in [0.25, 0.3) is 5.91 Å². The Morgan fingerprint density at radius 3 is 2.65 bits per heavy atom. The molecule has 2 fully saturated rings. The van der Waals surface area contributed by atoms with Crippen molar-refractivity contribution >= 4 is 23.3 Å². The molecule has 196 valence electrons. The van der Waals surface area contributed by atoms with Crippen molar-refractivity contribution in [2.24, 2.45) is 5.92 Å². The van der Waals surface area contributed by atoms with Gasteiger partial charge in [-0.25, -0.2) is 0 Å². The Kier molecular flexibility index (Phi) is 7.58. The van der Waals surface area contributed by atoms with Crippen LogP contribution in [0.1, 0.15) is 79.0 Å². The Bertz CT molecular complexity index is 1210. The van der Waals surface area contributed by atoms with Gasteiger partial charge in [-0.1, -0.05) is 30.3 Å². The van der Waals surface area contributed by atoms with E-state index in [9.17, 15) is 9.59 Å². The Balaban J connectivity index is 1.24. The first kappa shape index (κ1) is 25.0. The van der Waals surface area contributed by atoms with Crippen LogP contribution in [0, 0.1) is 12.8 Å². The summed E-state index contributed by atoms with van der Waals surface area (Å²) in [6.45, 7) is 6.33. The van der Waals surface area contributed by atoms with Gasteiger partial charge >= 0.3 is 0 Å². The van der Waals surface area contributed by atoms with E-state index in [0.29, 0.717) is 29.3 Å². The van der Waals surface area contributed by atoms with Crippen LogP contribution in [0.3, 0.4) is 0 Å². The third kappa shape index (κ3) is 5.40. The van der Waals surface area contributed by atoms with Crippen molar-refractivity contribution in [2.75, 3.05) is 29.9 Å². The molecule has 3 aromatic rings. The van der Waals surface area contributed by atoms with Gasteiger partial charge in [0.05, 0.1) is 17.4 Å². The number of aryl methyl sites for hydroxylation is 2. The lowest BCUT2D eigenvalue weighted by molar-refractivity contribution is -0.140. The van der Waals surface area contributed by atoms with Crippen LogP contribution < -0.4 is 10.2 Å². The molecule has 2 aliphatic rings. The van der Waals surface area contributed by atoms with Crippen molar-refractivity contribution < 1.29 is 14.1 Å². The number of carbonyl (C=O) groups is 2. The molecule has 2 saturated heterocycles. The fraction of sp³-hybridized carbons (Fsp3) is 0.500. The number of nitrogens with one attached hydrogen (secondary N) is 2. The minimum atomic E-state index is -0.276. The first-order valence-electron chi connectivity index (χ1n) is 13.5. The van der Waals surface area contributed by atoms with E-state index in [2.05, 4.69) is 49.8 Å². The van der Waals surface area contributed by atoms with Gasteiger partial charge in [-0.15, -0.1) is 0 Å². The SMILES string of the molecule is CCCc1onc(C)c1C(=O)Nc1cc(C2CCCCN2C(=O)C2CCN(c3ccccc3)CC2)[nH]n1. The highest BCUT2D eigenvalue weighted by molar-refractivity contribution is 6.05. The highest BCUT2D eigenvalue weighted by Crippen LogP contribution is 2.34. The maximum Gasteiger partial charge on any atom is 0.262 e. The van der Waals surface area contributed by atoms with Crippen LogP contribution in [-0.2, 0) is 11.2 Å². The summed E-state index contributed by atoms with van der Waals surface area (Å²) in [7, 11) is 0. The summed E-state index contributed by atoms with van der Waals surface area (Å²) in [6, 6.07) is 12.2. The lowest BCUT2D eigenvalue weighted by atomic mass is 9.91. The number of hydrogen-bond acceptors (Lipinski definition) is 6. The van der Waals surface area contributed by atoms with Crippen LogP contribution in [-0.4, -0.2) is 51.7 Å². The lowest BCUT2D eigenvalue weighted by Crippen LogP contribution is -2.45. The Hall–Kier alpha value is -3.62. The van der Waals surface area contributed by atoms with Crippen molar-refractivity contribution in [1.29, 1.82) is 0 Å². The third-order valence-electron chi connectivity index (χ3n) is 7.59. The normalized spacial score (nSPS) is 18.7. The third-order valence-corrected chi connectivity index (χ3v) is 7.59. The molecule has 1 unspecified atom stereocenters. The van der Waals surface area contributed by atoms with Crippen LogP contribution in [0.4, 0.5) is 11.5 Å². The number of aromatic amines is 1. The number of hydrogen-bond donors (Lipinski definition) is 2. The maximum atomic E-state index is 13.6. The van der Waals surface area contributed by atoms with Crippen molar-refractivity contribution in [3.05, 3.63) is 59.1 Å². The second kappa shape index (κ2) is 11.2. The van der Waals surface area contributed by atoms with E-state index in [1.165, 1.54) is 5.69 Å². The highest BCUT2D eigenvalue weighted by Gasteiger charge is 2.35. The standard InChI is InChI=1S/C28H36N6O3/c1-3-9-24-26(19(2)32-37-24)27(35)29-25-18-22(30-31-25)23-12-7-8-15-34(23)28(36)20-13-16-33(17-14-20)21-10-5-4-6-11-21/h4-6,10-11,18,20,23H,3,7-9,12-17H2,1-2H3,(H2,29,30,31,35). The number of likely N-dealkylation sites (tertiary alicyclic amines) is 1. The molecule has 5 rings (SSSR count). The molecule has 2 aromatic heterocycles. The molecule has 0 bridgehead atoms. The molecule has 0 spiro atoms. The molecule has 9 nitrogen and oxygen atoms in total. The van der Waals surface area contributed by atoms with Crippen molar-refractivity contribution in [2.45, 2.75) is 64.8 Å². The van der Waals surface area contributed by atoms with Gasteiger partial charge < -0.3 is 19.6 Å². The molecule has 37 heavy (non-hydrogen) atoms. The summed E-state index contributed by atoms with van der Waals surface area (Å²) >= 11 is 0. The molecule has 1 aromatic carbocycles. The molecular weight excluding hydrogens is 468 g/mol. The number of para-hydroxylation sites is 1. The smallest absolute Gasteiger partial charge is 0.262 e. The first-order valence-corrected chi connectivity index (χ1v) is 13.5.